The van der Waals surface area contributed by atoms with Gasteiger partial charge < -0.3 is 15.1 Å². The lowest BCUT2D eigenvalue weighted by atomic mass is 10.0. The standard InChI is InChI=1S/C25H31FN4O3S/c1-17-3-6-23(34-17)25(33)27-20-7-9-28(10-8-20)16-24(32)30-13-11-29(12-14-30)22-5-4-19(18(2)31)15-21(22)26/h3-6,15,20H,7-14,16H2,1-2H3,(H,27,33). The van der Waals surface area contributed by atoms with Crippen LogP contribution in [-0.2, 0) is 4.79 Å². The SMILES string of the molecule is CC(=O)c1ccc(N2CCN(C(=O)CN3CCC(NC(=O)c4ccc(C)s4)CC3)CC2)c(F)c1. The number of nitrogens with zero attached hydrogens (tertiary/aromatic N) is 3. The highest BCUT2D eigenvalue weighted by Gasteiger charge is 2.27. The maximum absolute atomic E-state index is 14.5. The van der Waals surface area contributed by atoms with Crippen molar-refractivity contribution in [3.05, 3.63) is 51.5 Å². The Morgan fingerprint density at radius 2 is 1.74 bits per heavy atom. The van der Waals surface area contributed by atoms with Gasteiger partial charge in [0.25, 0.3) is 5.91 Å². The smallest absolute Gasteiger partial charge is 0.261 e. The van der Waals surface area contributed by atoms with Crippen LogP contribution in [0.1, 0.15) is 44.7 Å². The zero-order chi connectivity index (χ0) is 24.2. The summed E-state index contributed by atoms with van der Waals surface area (Å²) in [5, 5.41) is 3.11. The summed E-state index contributed by atoms with van der Waals surface area (Å²) in [5.74, 6) is -0.497. The van der Waals surface area contributed by atoms with Crippen molar-refractivity contribution in [1.82, 2.24) is 15.1 Å². The molecule has 2 fully saturated rings. The fraction of sp³-hybridized carbons (Fsp3) is 0.480. The molecule has 0 saturated carbocycles. The van der Waals surface area contributed by atoms with E-state index in [9.17, 15) is 18.8 Å². The molecule has 2 aliphatic heterocycles. The molecule has 34 heavy (non-hydrogen) atoms. The van der Waals surface area contributed by atoms with Crippen LogP contribution >= 0.6 is 11.3 Å². The quantitative estimate of drug-likeness (QED) is 0.636. The minimum Gasteiger partial charge on any atom is -0.366 e. The Morgan fingerprint density at radius 1 is 1.03 bits per heavy atom. The molecule has 0 spiro atoms. The number of rotatable bonds is 6. The number of aryl methyl sites for hydroxylation is 1. The van der Waals surface area contributed by atoms with Crippen molar-refractivity contribution in [2.75, 3.05) is 50.7 Å². The largest absolute Gasteiger partial charge is 0.366 e. The van der Waals surface area contributed by atoms with E-state index < -0.39 is 5.82 Å². The van der Waals surface area contributed by atoms with Gasteiger partial charge in [0.05, 0.1) is 17.1 Å². The number of piperidine rings is 1. The van der Waals surface area contributed by atoms with Crippen molar-refractivity contribution in [1.29, 1.82) is 0 Å². The lowest BCUT2D eigenvalue weighted by molar-refractivity contribution is -0.133. The van der Waals surface area contributed by atoms with Gasteiger partial charge in [-0.2, -0.15) is 0 Å². The number of likely N-dealkylation sites (tertiary alicyclic amines) is 1. The highest BCUT2D eigenvalue weighted by molar-refractivity contribution is 7.13. The molecule has 9 heteroatoms. The van der Waals surface area contributed by atoms with E-state index in [1.54, 1.807) is 12.1 Å². The van der Waals surface area contributed by atoms with Gasteiger partial charge in [0.2, 0.25) is 5.91 Å². The summed E-state index contributed by atoms with van der Waals surface area (Å²) in [4.78, 5) is 44.4. The van der Waals surface area contributed by atoms with E-state index in [1.807, 2.05) is 28.9 Å². The monoisotopic (exact) mass is 486 g/mol. The number of carbonyl (C=O) groups excluding carboxylic acids is 3. The summed E-state index contributed by atoms with van der Waals surface area (Å²) in [5.41, 5.74) is 0.832. The predicted molar refractivity (Wildman–Crippen MR) is 131 cm³/mol. The Balaban J connectivity index is 1.20. The van der Waals surface area contributed by atoms with E-state index in [2.05, 4.69) is 10.2 Å². The molecule has 1 aromatic carbocycles. The Morgan fingerprint density at radius 3 is 2.32 bits per heavy atom. The van der Waals surface area contributed by atoms with Crippen molar-refractivity contribution < 1.29 is 18.8 Å². The molecule has 0 atom stereocenters. The number of hydrogen-bond acceptors (Lipinski definition) is 6. The molecule has 4 rings (SSSR count). The molecule has 2 aliphatic rings. The highest BCUT2D eigenvalue weighted by Crippen LogP contribution is 2.23. The summed E-state index contributed by atoms with van der Waals surface area (Å²) in [6, 6.07) is 8.52. The number of amides is 2. The van der Waals surface area contributed by atoms with Crippen LogP contribution < -0.4 is 10.2 Å². The van der Waals surface area contributed by atoms with Gasteiger partial charge in [0.15, 0.2) is 5.78 Å². The lowest BCUT2D eigenvalue weighted by Crippen LogP contribution is -2.53. The van der Waals surface area contributed by atoms with Gasteiger partial charge in [-0.15, -0.1) is 11.3 Å². The van der Waals surface area contributed by atoms with E-state index >= 15 is 0 Å². The minimum atomic E-state index is -0.406. The number of benzene rings is 1. The van der Waals surface area contributed by atoms with Crippen LogP contribution in [0.15, 0.2) is 30.3 Å². The molecule has 1 aromatic heterocycles. The maximum Gasteiger partial charge on any atom is 0.261 e. The molecule has 2 amide bonds. The van der Waals surface area contributed by atoms with E-state index in [4.69, 9.17) is 0 Å². The van der Waals surface area contributed by atoms with E-state index in [1.165, 1.54) is 24.3 Å². The highest BCUT2D eigenvalue weighted by atomic mass is 32.1. The third-order valence-corrected chi connectivity index (χ3v) is 7.57. The fourth-order valence-electron chi connectivity index (χ4n) is 4.52. The number of hydrogen-bond donors (Lipinski definition) is 1. The minimum absolute atomic E-state index is 0.0159. The number of piperazine rings is 1. The maximum atomic E-state index is 14.5. The van der Waals surface area contributed by atoms with Crippen LogP contribution in [0.3, 0.4) is 0 Å². The zero-order valence-corrected chi connectivity index (χ0v) is 20.5. The van der Waals surface area contributed by atoms with Crippen LogP contribution in [0.2, 0.25) is 0 Å². The molecular formula is C25H31FN4O3S. The van der Waals surface area contributed by atoms with Gasteiger partial charge in [-0.25, -0.2) is 4.39 Å². The summed E-state index contributed by atoms with van der Waals surface area (Å²) in [6.07, 6.45) is 1.65. The second-order valence-electron chi connectivity index (χ2n) is 9.02. The molecular weight excluding hydrogens is 455 g/mol. The number of anilines is 1. The summed E-state index contributed by atoms with van der Waals surface area (Å²) in [7, 11) is 0. The molecule has 2 saturated heterocycles. The van der Waals surface area contributed by atoms with Gasteiger partial charge >= 0.3 is 0 Å². The predicted octanol–water partition coefficient (Wildman–Crippen LogP) is 2.94. The van der Waals surface area contributed by atoms with Gasteiger partial charge in [-0.05, 0) is 57.0 Å². The average molecular weight is 487 g/mol. The van der Waals surface area contributed by atoms with E-state index in [0.29, 0.717) is 44.0 Å². The molecule has 0 bridgehead atoms. The number of ketones is 1. The second-order valence-corrected chi connectivity index (χ2v) is 10.3. The molecule has 3 heterocycles. The molecule has 1 N–H and O–H groups in total. The molecule has 2 aromatic rings. The topological polar surface area (TPSA) is 73.0 Å². The Labute approximate surface area is 203 Å². The van der Waals surface area contributed by atoms with Crippen LogP contribution in [0.25, 0.3) is 0 Å². The zero-order valence-electron chi connectivity index (χ0n) is 19.7. The Kier molecular flexibility index (Phi) is 7.63. The van der Waals surface area contributed by atoms with Gasteiger partial charge in [0.1, 0.15) is 5.82 Å². The molecule has 0 radical (unpaired) electrons. The van der Waals surface area contributed by atoms with E-state index in [-0.39, 0.29) is 23.6 Å². The lowest BCUT2D eigenvalue weighted by Gasteiger charge is -2.38. The first-order valence-electron chi connectivity index (χ1n) is 11.7. The van der Waals surface area contributed by atoms with Gasteiger partial charge in [-0.1, -0.05) is 0 Å². The van der Waals surface area contributed by atoms with Crippen molar-refractivity contribution >= 4 is 34.6 Å². The van der Waals surface area contributed by atoms with Crippen LogP contribution in [-0.4, -0.2) is 79.3 Å². The third-order valence-electron chi connectivity index (χ3n) is 6.57. The number of carbonyl (C=O) groups is 3. The number of thiophene rings is 1. The number of halogens is 1. The first kappa shape index (κ1) is 24.3. The molecule has 0 unspecified atom stereocenters. The number of nitrogens with one attached hydrogen (secondary N) is 1. The summed E-state index contributed by atoms with van der Waals surface area (Å²) >= 11 is 1.50. The van der Waals surface area contributed by atoms with Gasteiger partial charge in [-0.3, -0.25) is 19.3 Å². The van der Waals surface area contributed by atoms with Crippen LogP contribution in [0.4, 0.5) is 10.1 Å². The van der Waals surface area contributed by atoms with Crippen molar-refractivity contribution in [2.45, 2.75) is 32.7 Å². The second kappa shape index (κ2) is 10.7. The van der Waals surface area contributed by atoms with Crippen LogP contribution in [0.5, 0.6) is 0 Å². The van der Waals surface area contributed by atoms with Crippen molar-refractivity contribution in [3.63, 3.8) is 0 Å². The third kappa shape index (κ3) is 5.82. The molecule has 182 valence electrons. The Bertz CT molecular complexity index is 1060. The Hall–Kier alpha value is -2.78. The number of Topliss-reactive ketones (excluding diaryl/α,β-unsaturated/α-hetero) is 1. The first-order chi connectivity index (χ1) is 16.3. The van der Waals surface area contributed by atoms with Crippen LogP contribution in [0, 0.1) is 12.7 Å². The molecule has 0 aliphatic carbocycles. The summed E-state index contributed by atoms with van der Waals surface area (Å²) < 4.78 is 14.5. The van der Waals surface area contributed by atoms with E-state index in [0.717, 1.165) is 35.7 Å². The fourth-order valence-corrected chi connectivity index (χ4v) is 5.29. The van der Waals surface area contributed by atoms with Gasteiger partial charge in [0, 0.05) is 55.8 Å². The summed E-state index contributed by atoms with van der Waals surface area (Å²) in [6.45, 7) is 7.51. The van der Waals surface area contributed by atoms with Crippen molar-refractivity contribution in [2.24, 2.45) is 0 Å². The average Bonchev–Trinajstić information content (AvgIpc) is 3.27. The molecule has 7 nitrogen and oxygen atoms in total. The normalized spacial score (nSPS) is 17.6. The van der Waals surface area contributed by atoms with Crippen molar-refractivity contribution in [3.8, 4) is 0 Å². The first-order valence-corrected chi connectivity index (χ1v) is 12.5.